The van der Waals surface area contributed by atoms with E-state index in [0.29, 0.717) is 17.5 Å². The molecular formula is C12H24N2O2S. The van der Waals surface area contributed by atoms with Crippen molar-refractivity contribution in [3.8, 4) is 0 Å². The number of nitrogens with zero attached hydrogens (tertiary/aromatic N) is 1. The molecule has 5 heteroatoms. The molecule has 1 heterocycles. The Morgan fingerprint density at radius 3 is 2.53 bits per heavy atom. The summed E-state index contributed by atoms with van der Waals surface area (Å²) in [4.78, 5) is 2.32. The van der Waals surface area contributed by atoms with E-state index < -0.39 is 9.84 Å². The van der Waals surface area contributed by atoms with Crippen LogP contribution in [0.4, 0.5) is 0 Å². The topological polar surface area (TPSA) is 49.4 Å². The number of nitrogens with one attached hydrogen (secondary N) is 1. The van der Waals surface area contributed by atoms with Crippen LogP contribution in [0, 0.1) is 0 Å². The molecule has 4 nitrogen and oxygen atoms in total. The van der Waals surface area contributed by atoms with Crippen LogP contribution in [-0.4, -0.2) is 56.5 Å². The molecule has 0 aromatic heterocycles. The van der Waals surface area contributed by atoms with Crippen molar-refractivity contribution < 1.29 is 8.42 Å². The fourth-order valence-electron chi connectivity index (χ4n) is 2.34. The van der Waals surface area contributed by atoms with Crippen LogP contribution >= 0.6 is 0 Å². The van der Waals surface area contributed by atoms with Gasteiger partial charge in [0.1, 0.15) is 0 Å². The van der Waals surface area contributed by atoms with Gasteiger partial charge in [0.25, 0.3) is 0 Å². The minimum Gasteiger partial charge on any atom is -0.314 e. The van der Waals surface area contributed by atoms with Crippen molar-refractivity contribution in [2.45, 2.75) is 44.7 Å². The van der Waals surface area contributed by atoms with Crippen LogP contribution in [0.1, 0.15) is 32.6 Å². The van der Waals surface area contributed by atoms with Crippen LogP contribution in [0.5, 0.6) is 0 Å². The molecule has 0 aromatic rings. The highest BCUT2D eigenvalue weighted by molar-refractivity contribution is 7.91. The predicted molar refractivity (Wildman–Crippen MR) is 69.9 cm³/mol. The molecule has 0 aromatic carbocycles. The van der Waals surface area contributed by atoms with Gasteiger partial charge in [-0.25, -0.2) is 8.42 Å². The summed E-state index contributed by atoms with van der Waals surface area (Å²) < 4.78 is 22.6. The van der Waals surface area contributed by atoms with E-state index in [2.05, 4.69) is 17.1 Å². The highest BCUT2D eigenvalue weighted by Crippen LogP contribution is 2.18. The smallest absolute Gasteiger partial charge is 0.152 e. The Labute approximate surface area is 105 Å². The summed E-state index contributed by atoms with van der Waals surface area (Å²) in [6, 6.07) is 1.32. The zero-order chi connectivity index (χ0) is 12.3. The van der Waals surface area contributed by atoms with E-state index in [0.717, 1.165) is 25.7 Å². The Morgan fingerprint density at radius 2 is 1.94 bits per heavy atom. The molecule has 1 saturated carbocycles. The van der Waals surface area contributed by atoms with Crippen molar-refractivity contribution in [1.82, 2.24) is 10.2 Å². The monoisotopic (exact) mass is 260 g/mol. The average molecular weight is 260 g/mol. The van der Waals surface area contributed by atoms with Crippen molar-refractivity contribution in [3.05, 3.63) is 0 Å². The SMILES string of the molecule is CC(CCCNC1CC1)N1CCS(=O)(=O)CC1. The van der Waals surface area contributed by atoms with Crippen LogP contribution in [0.25, 0.3) is 0 Å². The Balaban J connectivity index is 1.60. The fraction of sp³-hybridized carbons (Fsp3) is 1.00. The molecule has 1 atom stereocenters. The fourth-order valence-corrected chi connectivity index (χ4v) is 3.57. The van der Waals surface area contributed by atoms with Gasteiger partial charge in [-0.15, -0.1) is 0 Å². The van der Waals surface area contributed by atoms with Gasteiger partial charge < -0.3 is 5.32 Å². The molecule has 1 aliphatic heterocycles. The molecule has 17 heavy (non-hydrogen) atoms. The summed E-state index contributed by atoms with van der Waals surface area (Å²) in [7, 11) is -2.73. The van der Waals surface area contributed by atoms with Gasteiger partial charge >= 0.3 is 0 Å². The second kappa shape index (κ2) is 5.67. The first-order valence-corrected chi connectivity index (χ1v) is 8.57. The maximum absolute atomic E-state index is 11.3. The van der Waals surface area contributed by atoms with Crippen LogP contribution < -0.4 is 5.32 Å². The third-order valence-corrected chi connectivity index (χ3v) is 5.42. The molecular weight excluding hydrogens is 236 g/mol. The van der Waals surface area contributed by atoms with Gasteiger partial charge in [0.2, 0.25) is 0 Å². The largest absolute Gasteiger partial charge is 0.314 e. The Bertz CT molecular complexity index is 324. The van der Waals surface area contributed by atoms with Gasteiger partial charge in [-0.2, -0.15) is 0 Å². The zero-order valence-corrected chi connectivity index (χ0v) is 11.5. The lowest BCUT2D eigenvalue weighted by Crippen LogP contribution is -2.45. The van der Waals surface area contributed by atoms with E-state index in [-0.39, 0.29) is 0 Å². The van der Waals surface area contributed by atoms with Crippen molar-refractivity contribution in [2.75, 3.05) is 31.1 Å². The van der Waals surface area contributed by atoms with Gasteiger partial charge in [0.15, 0.2) is 9.84 Å². The third-order valence-electron chi connectivity index (χ3n) is 3.81. The van der Waals surface area contributed by atoms with E-state index in [9.17, 15) is 8.42 Å². The normalized spacial score (nSPS) is 26.9. The van der Waals surface area contributed by atoms with Gasteiger partial charge in [-0.3, -0.25) is 4.90 Å². The Kier molecular flexibility index (Phi) is 4.44. The van der Waals surface area contributed by atoms with E-state index in [1.807, 2.05) is 0 Å². The molecule has 1 aliphatic carbocycles. The van der Waals surface area contributed by atoms with Gasteiger partial charge in [-0.1, -0.05) is 0 Å². The lowest BCUT2D eigenvalue weighted by atomic mass is 10.1. The molecule has 1 saturated heterocycles. The molecule has 0 amide bonds. The number of rotatable bonds is 6. The highest BCUT2D eigenvalue weighted by Gasteiger charge is 2.24. The highest BCUT2D eigenvalue weighted by atomic mass is 32.2. The first-order valence-electron chi connectivity index (χ1n) is 6.75. The molecule has 0 spiro atoms. The molecule has 2 fully saturated rings. The summed E-state index contributed by atoms with van der Waals surface area (Å²) in [5.74, 6) is 0.690. The van der Waals surface area contributed by atoms with Crippen LogP contribution in [0.2, 0.25) is 0 Å². The summed E-state index contributed by atoms with van der Waals surface area (Å²) in [5, 5.41) is 3.51. The van der Waals surface area contributed by atoms with E-state index in [1.54, 1.807) is 0 Å². The maximum Gasteiger partial charge on any atom is 0.152 e. The van der Waals surface area contributed by atoms with Crippen LogP contribution in [0.15, 0.2) is 0 Å². The first-order chi connectivity index (χ1) is 8.07. The third kappa shape index (κ3) is 4.56. The zero-order valence-electron chi connectivity index (χ0n) is 10.7. The van der Waals surface area contributed by atoms with Crippen LogP contribution in [-0.2, 0) is 9.84 Å². The molecule has 1 N–H and O–H groups in total. The lowest BCUT2D eigenvalue weighted by molar-refractivity contribution is 0.213. The van der Waals surface area contributed by atoms with Gasteiger partial charge in [0.05, 0.1) is 11.5 Å². The number of sulfone groups is 1. The van der Waals surface area contributed by atoms with E-state index in [1.165, 1.54) is 25.7 Å². The summed E-state index contributed by atoms with van der Waals surface area (Å²) >= 11 is 0. The average Bonchev–Trinajstić information content (AvgIpc) is 3.08. The Hall–Kier alpha value is -0.130. The molecule has 1 unspecified atom stereocenters. The van der Waals surface area contributed by atoms with Crippen molar-refractivity contribution in [1.29, 1.82) is 0 Å². The standard InChI is InChI=1S/C12H24N2O2S/c1-11(3-2-6-13-12-4-5-12)14-7-9-17(15,16)10-8-14/h11-13H,2-10H2,1H3. The molecule has 0 bridgehead atoms. The molecule has 2 rings (SSSR count). The second-order valence-electron chi connectivity index (χ2n) is 5.41. The second-order valence-corrected chi connectivity index (χ2v) is 7.71. The summed E-state index contributed by atoms with van der Waals surface area (Å²) in [6.07, 6.45) is 5.06. The Morgan fingerprint density at radius 1 is 1.29 bits per heavy atom. The minimum absolute atomic E-state index is 0.345. The van der Waals surface area contributed by atoms with Crippen LogP contribution in [0.3, 0.4) is 0 Å². The number of hydrogen-bond acceptors (Lipinski definition) is 4. The maximum atomic E-state index is 11.3. The van der Waals surface area contributed by atoms with Gasteiger partial charge in [0, 0.05) is 25.2 Å². The van der Waals surface area contributed by atoms with E-state index >= 15 is 0 Å². The van der Waals surface area contributed by atoms with E-state index in [4.69, 9.17) is 0 Å². The molecule has 100 valence electrons. The predicted octanol–water partition coefficient (Wildman–Crippen LogP) is 0.638. The first kappa shape index (κ1) is 13.3. The number of hydrogen-bond donors (Lipinski definition) is 1. The van der Waals surface area contributed by atoms with Crippen molar-refractivity contribution in [3.63, 3.8) is 0 Å². The lowest BCUT2D eigenvalue weighted by Gasteiger charge is -2.32. The quantitative estimate of drug-likeness (QED) is 0.712. The molecule has 0 radical (unpaired) electrons. The summed E-state index contributed by atoms with van der Waals surface area (Å²) in [5.41, 5.74) is 0. The molecule has 2 aliphatic rings. The van der Waals surface area contributed by atoms with Gasteiger partial charge in [-0.05, 0) is 39.2 Å². The minimum atomic E-state index is -2.73. The van der Waals surface area contributed by atoms with Crippen molar-refractivity contribution >= 4 is 9.84 Å². The van der Waals surface area contributed by atoms with Crippen molar-refractivity contribution in [2.24, 2.45) is 0 Å². The summed E-state index contributed by atoms with van der Waals surface area (Å²) in [6.45, 7) is 4.77.